The molecule has 1 aliphatic heterocycles. The number of anilines is 3. The third kappa shape index (κ3) is 4.09. The van der Waals surface area contributed by atoms with E-state index in [4.69, 9.17) is 4.74 Å². The van der Waals surface area contributed by atoms with E-state index in [1.54, 1.807) is 0 Å². The lowest BCUT2D eigenvalue weighted by Gasteiger charge is -2.33. The van der Waals surface area contributed by atoms with Crippen LogP contribution in [0.4, 0.5) is 17.1 Å². The van der Waals surface area contributed by atoms with Crippen LogP contribution in [0, 0.1) is 6.92 Å². The second-order valence-corrected chi connectivity index (χ2v) is 8.60. The molecule has 3 aromatic rings. The van der Waals surface area contributed by atoms with Crippen molar-refractivity contribution < 1.29 is 4.74 Å². The maximum absolute atomic E-state index is 6.41. The van der Waals surface area contributed by atoms with E-state index in [-0.39, 0.29) is 0 Å². The molecular weight excluding hydrogens is 366 g/mol. The van der Waals surface area contributed by atoms with Crippen LogP contribution in [-0.2, 0) is 6.42 Å². The van der Waals surface area contributed by atoms with Crippen LogP contribution in [0.2, 0.25) is 0 Å². The zero-order chi connectivity index (χ0) is 21.1. The third-order valence-electron chi connectivity index (χ3n) is 6.11. The molecule has 0 amide bonds. The summed E-state index contributed by atoms with van der Waals surface area (Å²) in [5, 5.41) is 0. The Labute approximate surface area is 181 Å². The van der Waals surface area contributed by atoms with Gasteiger partial charge < -0.3 is 9.64 Å². The van der Waals surface area contributed by atoms with Gasteiger partial charge in [0.1, 0.15) is 0 Å². The Morgan fingerprint density at radius 1 is 0.833 bits per heavy atom. The Balaban J connectivity index is 1.76. The standard InChI is InChI=1S/C28H33NO/c1-5-7-9-22-11-14-24(15-12-22)29-25-16-10-20(3)18-27(25)30-28-19-23(13-17-26(28)29)21(4)8-6-2/h10-19,21H,5-9H2,1-4H3. The van der Waals surface area contributed by atoms with Crippen LogP contribution in [0.3, 0.4) is 0 Å². The summed E-state index contributed by atoms with van der Waals surface area (Å²) < 4.78 is 6.41. The molecule has 0 spiro atoms. The van der Waals surface area contributed by atoms with Crippen LogP contribution in [-0.4, -0.2) is 0 Å². The quantitative estimate of drug-likeness (QED) is 0.308. The molecule has 1 unspecified atom stereocenters. The van der Waals surface area contributed by atoms with E-state index < -0.39 is 0 Å². The smallest absolute Gasteiger partial charge is 0.151 e. The van der Waals surface area contributed by atoms with Crippen molar-refractivity contribution in [3.63, 3.8) is 0 Å². The highest BCUT2D eigenvalue weighted by atomic mass is 16.5. The lowest BCUT2D eigenvalue weighted by atomic mass is 9.95. The van der Waals surface area contributed by atoms with E-state index in [9.17, 15) is 0 Å². The number of hydrogen-bond acceptors (Lipinski definition) is 2. The average Bonchev–Trinajstić information content (AvgIpc) is 2.76. The van der Waals surface area contributed by atoms with Crippen molar-refractivity contribution in [3.05, 3.63) is 77.4 Å². The van der Waals surface area contributed by atoms with Crippen molar-refractivity contribution >= 4 is 17.1 Å². The van der Waals surface area contributed by atoms with Gasteiger partial charge in [-0.2, -0.15) is 0 Å². The fourth-order valence-corrected chi connectivity index (χ4v) is 4.31. The fraction of sp³-hybridized carbons (Fsp3) is 0.357. The molecule has 3 aromatic carbocycles. The molecule has 0 N–H and O–H groups in total. The maximum Gasteiger partial charge on any atom is 0.151 e. The largest absolute Gasteiger partial charge is 0.453 e. The number of aryl methyl sites for hydroxylation is 2. The molecule has 0 aliphatic carbocycles. The molecule has 2 nitrogen and oxygen atoms in total. The number of nitrogens with zero attached hydrogens (tertiary/aromatic N) is 1. The van der Waals surface area contributed by atoms with E-state index in [0.717, 1.165) is 29.3 Å². The molecule has 30 heavy (non-hydrogen) atoms. The van der Waals surface area contributed by atoms with Gasteiger partial charge in [0.05, 0.1) is 11.4 Å². The summed E-state index contributed by atoms with van der Waals surface area (Å²) in [5.74, 6) is 2.41. The molecule has 0 fully saturated rings. The first-order valence-corrected chi connectivity index (χ1v) is 11.4. The molecular formula is C28H33NO. The Hall–Kier alpha value is -2.74. The molecule has 0 saturated heterocycles. The van der Waals surface area contributed by atoms with Gasteiger partial charge in [0.2, 0.25) is 0 Å². The minimum absolute atomic E-state index is 0.536. The van der Waals surface area contributed by atoms with Gasteiger partial charge >= 0.3 is 0 Å². The number of rotatable bonds is 7. The molecule has 0 aromatic heterocycles. The van der Waals surface area contributed by atoms with Gasteiger partial charge in [0.15, 0.2) is 11.5 Å². The van der Waals surface area contributed by atoms with Crippen LogP contribution >= 0.6 is 0 Å². The predicted molar refractivity (Wildman–Crippen MR) is 128 cm³/mol. The van der Waals surface area contributed by atoms with Gasteiger partial charge in [-0.3, -0.25) is 0 Å². The Morgan fingerprint density at radius 2 is 1.53 bits per heavy atom. The van der Waals surface area contributed by atoms with Gasteiger partial charge in [-0.1, -0.05) is 57.9 Å². The van der Waals surface area contributed by atoms with Crippen molar-refractivity contribution in [1.82, 2.24) is 0 Å². The van der Waals surface area contributed by atoms with Crippen LogP contribution in [0.1, 0.15) is 69.1 Å². The minimum atomic E-state index is 0.536. The van der Waals surface area contributed by atoms with Gasteiger partial charge in [-0.15, -0.1) is 0 Å². The average molecular weight is 400 g/mol. The van der Waals surface area contributed by atoms with Crippen molar-refractivity contribution in [2.24, 2.45) is 0 Å². The Bertz CT molecular complexity index is 1010. The number of fused-ring (bicyclic) bond motifs is 2. The van der Waals surface area contributed by atoms with Crippen molar-refractivity contribution in [3.8, 4) is 11.5 Å². The predicted octanol–water partition coefficient (Wildman–Crippen LogP) is 8.82. The molecule has 0 radical (unpaired) electrons. The molecule has 1 heterocycles. The number of hydrogen-bond donors (Lipinski definition) is 0. The highest BCUT2D eigenvalue weighted by Crippen LogP contribution is 2.51. The number of unbranched alkanes of at least 4 members (excludes halogenated alkanes) is 1. The summed E-state index contributed by atoms with van der Waals surface area (Å²) in [6.07, 6.45) is 5.99. The molecule has 4 rings (SSSR count). The van der Waals surface area contributed by atoms with Crippen molar-refractivity contribution in [2.75, 3.05) is 4.90 Å². The second-order valence-electron chi connectivity index (χ2n) is 8.60. The topological polar surface area (TPSA) is 12.5 Å². The van der Waals surface area contributed by atoms with E-state index in [0.29, 0.717) is 5.92 Å². The first-order chi connectivity index (χ1) is 14.6. The lowest BCUT2D eigenvalue weighted by molar-refractivity contribution is 0.475. The summed E-state index contributed by atoms with van der Waals surface area (Å²) in [5.41, 5.74) is 7.36. The van der Waals surface area contributed by atoms with Crippen molar-refractivity contribution in [2.45, 2.75) is 65.7 Å². The van der Waals surface area contributed by atoms with Crippen LogP contribution in [0.5, 0.6) is 11.5 Å². The summed E-state index contributed by atoms with van der Waals surface area (Å²) in [7, 11) is 0. The number of benzene rings is 3. The minimum Gasteiger partial charge on any atom is -0.453 e. The maximum atomic E-state index is 6.41. The highest BCUT2D eigenvalue weighted by Gasteiger charge is 2.26. The monoisotopic (exact) mass is 399 g/mol. The van der Waals surface area contributed by atoms with Gasteiger partial charge in [0, 0.05) is 5.69 Å². The summed E-state index contributed by atoms with van der Waals surface area (Å²) in [4.78, 5) is 2.34. The summed E-state index contributed by atoms with van der Waals surface area (Å²) in [6, 6.07) is 22.2. The van der Waals surface area contributed by atoms with E-state index in [2.05, 4.69) is 93.3 Å². The molecule has 1 aliphatic rings. The van der Waals surface area contributed by atoms with Gasteiger partial charge in [-0.25, -0.2) is 0 Å². The van der Waals surface area contributed by atoms with Gasteiger partial charge in [0.25, 0.3) is 0 Å². The molecule has 0 bridgehead atoms. The highest BCUT2D eigenvalue weighted by molar-refractivity contribution is 5.86. The zero-order valence-corrected chi connectivity index (χ0v) is 18.7. The zero-order valence-electron chi connectivity index (χ0n) is 18.7. The SMILES string of the molecule is CCCCc1ccc(N2c3ccc(C)cc3Oc3cc(C(C)CCC)ccc32)cc1. The normalized spacial score (nSPS) is 13.4. The molecule has 1 atom stereocenters. The molecule has 156 valence electrons. The summed E-state index contributed by atoms with van der Waals surface area (Å²) >= 11 is 0. The van der Waals surface area contributed by atoms with E-state index >= 15 is 0 Å². The lowest BCUT2D eigenvalue weighted by Crippen LogP contribution is -2.16. The third-order valence-corrected chi connectivity index (χ3v) is 6.11. The van der Waals surface area contributed by atoms with Crippen LogP contribution in [0.15, 0.2) is 60.7 Å². The second kappa shape index (κ2) is 8.95. The Morgan fingerprint density at radius 3 is 2.23 bits per heavy atom. The van der Waals surface area contributed by atoms with E-state index in [1.807, 2.05) is 0 Å². The molecule has 2 heteroatoms. The fourth-order valence-electron chi connectivity index (χ4n) is 4.31. The van der Waals surface area contributed by atoms with Crippen molar-refractivity contribution in [1.29, 1.82) is 0 Å². The summed E-state index contributed by atoms with van der Waals surface area (Å²) in [6.45, 7) is 8.91. The first-order valence-electron chi connectivity index (χ1n) is 11.4. The molecule has 0 saturated carbocycles. The Kier molecular flexibility index (Phi) is 6.13. The van der Waals surface area contributed by atoms with Crippen LogP contribution in [0.25, 0.3) is 0 Å². The van der Waals surface area contributed by atoms with Gasteiger partial charge in [-0.05, 0) is 85.2 Å². The van der Waals surface area contributed by atoms with Crippen LogP contribution < -0.4 is 9.64 Å². The first kappa shape index (κ1) is 20.5. The number of ether oxygens (including phenoxy) is 1. The van der Waals surface area contributed by atoms with E-state index in [1.165, 1.54) is 48.1 Å².